The number of ether oxygens (including phenoxy) is 1. The normalized spacial score (nSPS) is 10.2. The summed E-state index contributed by atoms with van der Waals surface area (Å²) in [6.07, 6.45) is 0. The van der Waals surface area contributed by atoms with E-state index in [0.29, 0.717) is 17.4 Å². The van der Waals surface area contributed by atoms with E-state index in [9.17, 15) is 4.39 Å². The number of halogens is 2. The van der Waals surface area contributed by atoms with Crippen molar-refractivity contribution in [3.8, 4) is 5.88 Å². The minimum atomic E-state index is -0.518. The third kappa shape index (κ3) is 2.78. The van der Waals surface area contributed by atoms with E-state index in [-0.39, 0.29) is 11.0 Å². The van der Waals surface area contributed by atoms with E-state index in [1.807, 2.05) is 0 Å². The van der Waals surface area contributed by atoms with Gasteiger partial charge in [0.2, 0.25) is 11.8 Å². The fourth-order valence-electron chi connectivity index (χ4n) is 1.33. The number of anilines is 3. The van der Waals surface area contributed by atoms with Crippen molar-refractivity contribution in [3.63, 3.8) is 0 Å². The average molecular weight is 269 g/mol. The Morgan fingerprint density at radius 3 is 2.78 bits per heavy atom. The number of rotatable bonds is 3. The van der Waals surface area contributed by atoms with Crippen LogP contribution in [0, 0.1) is 5.82 Å². The Balaban J connectivity index is 2.27. The average Bonchev–Trinajstić information content (AvgIpc) is 2.33. The van der Waals surface area contributed by atoms with Gasteiger partial charge in [-0.3, -0.25) is 0 Å². The van der Waals surface area contributed by atoms with Crippen molar-refractivity contribution in [2.24, 2.45) is 0 Å². The first-order chi connectivity index (χ1) is 8.58. The van der Waals surface area contributed by atoms with Gasteiger partial charge in [-0.15, -0.1) is 0 Å². The summed E-state index contributed by atoms with van der Waals surface area (Å²) in [5, 5.41) is 2.93. The number of hydrogen-bond acceptors (Lipinski definition) is 5. The summed E-state index contributed by atoms with van der Waals surface area (Å²) >= 11 is 5.59. The molecule has 0 aliphatic heterocycles. The molecular formula is C11H10ClFN4O. The lowest BCUT2D eigenvalue weighted by atomic mass is 10.3. The molecule has 7 heteroatoms. The molecule has 0 aliphatic carbocycles. The zero-order chi connectivity index (χ0) is 13.1. The molecular weight excluding hydrogens is 259 g/mol. The Bertz CT molecular complexity index is 579. The van der Waals surface area contributed by atoms with E-state index in [1.165, 1.54) is 19.2 Å². The van der Waals surface area contributed by atoms with Crippen molar-refractivity contribution in [1.29, 1.82) is 0 Å². The predicted molar refractivity (Wildman–Crippen MR) is 67.7 cm³/mol. The summed E-state index contributed by atoms with van der Waals surface area (Å²) in [7, 11) is 1.47. The maximum absolute atomic E-state index is 13.3. The van der Waals surface area contributed by atoms with Gasteiger partial charge >= 0.3 is 0 Å². The topological polar surface area (TPSA) is 73.1 Å². The lowest BCUT2D eigenvalue weighted by Gasteiger charge is -2.08. The zero-order valence-corrected chi connectivity index (χ0v) is 10.2. The van der Waals surface area contributed by atoms with Gasteiger partial charge < -0.3 is 15.8 Å². The smallest absolute Gasteiger partial charge is 0.225 e. The van der Waals surface area contributed by atoms with Gasteiger partial charge in [0.25, 0.3) is 0 Å². The van der Waals surface area contributed by atoms with E-state index in [4.69, 9.17) is 22.1 Å². The van der Waals surface area contributed by atoms with E-state index in [1.54, 1.807) is 12.1 Å². The van der Waals surface area contributed by atoms with Crippen LogP contribution in [0.5, 0.6) is 5.88 Å². The van der Waals surface area contributed by atoms with Crippen molar-refractivity contribution < 1.29 is 9.13 Å². The van der Waals surface area contributed by atoms with Crippen molar-refractivity contribution >= 4 is 29.1 Å². The van der Waals surface area contributed by atoms with Gasteiger partial charge in [-0.2, -0.15) is 9.97 Å². The SMILES string of the molecule is COc1cc(Nc2ccc(Cl)c(F)c2)nc(N)n1. The molecule has 2 rings (SSSR count). The number of nitrogens with two attached hydrogens (primary N) is 1. The number of nitrogens with zero attached hydrogens (tertiary/aromatic N) is 2. The van der Waals surface area contributed by atoms with Crippen LogP contribution < -0.4 is 15.8 Å². The first kappa shape index (κ1) is 12.4. The van der Waals surface area contributed by atoms with Crippen LogP contribution in [0.4, 0.5) is 21.8 Å². The van der Waals surface area contributed by atoms with E-state index in [0.717, 1.165) is 0 Å². The highest BCUT2D eigenvalue weighted by Crippen LogP contribution is 2.23. The summed E-state index contributed by atoms with van der Waals surface area (Å²) < 4.78 is 18.2. The van der Waals surface area contributed by atoms with Gasteiger partial charge in [-0.1, -0.05) is 11.6 Å². The first-order valence-corrected chi connectivity index (χ1v) is 5.37. The van der Waals surface area contributed by atoms with Crippen LogP contribution in [0.2, 0.25) is 5.02 Å². The lowest BCUT2D eigenvalue weighted by Crippen LogP contribution is -2.01. The molecule has 0 saturated carbocycles. The molecule has 1 aromatic carbocycles. The molecule has 0 unspecified atom stereocenters. The molecule has 1 aromatic heterocycles. The van der Waals surface area contributed by atoms with Crippen LogP contribution in [0.15, 0.2) is 24.3 Å². The van der Waals surface area contributed by atoms with Gasteiger partial charge in [0.05, 0.1) is 12.1 Å². The van der Waals surface area contributed by atoms with Gasteiger partial charge in [0.1, 0.15) is 11.6 Å². The highest BCUT2D eigenvalue weighted by Gasteiger charge is 2.05. The van der Waals surface area contributed by atoms with Gasteiger partial charge in [0.15, 0.2) is 0 Å². The monoisotopic (exact) mass is 268 g/mol. The maximum atomic E-state index is 13.3. The molecule has 94 valence electrons. The minimum Gasteiger partial charge on any atom is -0.481 e. The fourth-order valence-corrected chi connectivity index (χ4v) is 1.45. The van der Waals surface area contributed by atoms with Gasteiger partial charge in [-0.05, 0) is 18.2 Å². The predicted octanol–water partition coefficient (Wildman–Crippen LogP) is 2.60. The number of benzene rings is 1. The van der Waals surface area contributed by atoms with Gasteiger partial charge in [0, 0.05) is 11.8 Å². The number of nitrogen functional groups attached to an aromatic ring is 1. The van der Waals surface area contributed by atoms with Crippen molar-refractivity contribution in [2.75, 3.05) is 18.2 Å². The fraction of sp³-hybridized carbons (Fsp3) is 0.0909. The van der Waals surface area contributed by atoms with Crippen molar-refractivity contribution in [2.45, 2.75) is 0 Å². The van der Waals surface area contributed by atoms with Crippen LogP contribution in [0.3, 0.4) is 0 Å². The number of methoxy groups -OCH3 is 1. The van der Waals surface area contributed by atoms with Crippen molar-refractivity contribution in [3.05, 3.63) is 35.1 Å². The summed E-state index contributed by atoms with van der Waals surface area (Å²) in [5.74, 6) is 0.266. The summed E-state index contributed by atoms with van der Waals surface area (Å²) in [6, 6.07) is 5.87. The third-order valence-electron chi connectivity index (χ3n) is 2.12. The molecule has 5 nitrogen and oxygen atoms in total. The van der Waals surface area contributed by atoms with E-state index in [2.05, 4.69) is 15.3 Å². The van der Waals surface area contributed by atoms with E-state index >= 15 is 0 Å². The maximum Gasteiger partial charge on any atom is 0.225 e. The summed E-state index contributed by atoms with van der Waals surface area (Å²) in [4.78, 5) is 7.78. The Morgan fingerprint density at radius 1 is 1.33 bits per heavy atom. The molecule has 0 bridgehead atoms. The second-order valence-corrected chi connectivity index (χ2v) is 3.81. The standard InChI is InChI=1S/C11H10ClFN4O/c1-18-10-5-9(16-11(14)17-10)15-6-2-3-7(12)8(13)4-6/h2-5H,1H3,(H3,14,15,16,17). The number of hydrogen-bond donors (Lipinski definition) is 2. The zero-order valence-electron chi connectivity index (χ0n) is 9.45. The Kier molecular flexibility index (Phi) is 3.47. The Morgan fingerprint density at radius 2 is 2.11 bits per heavy atom. The Labute approximate surface area is 108 Å². The highest BCUT2D eigenvalue weighted by atomic mass is 35.5. The minimum absolute atomic E-state index is 0.0559. The molecule has 0 atom stereocenters. The molecule has 0 amide bonds. The number of nitrogens with one attached hydrogen (secondary N) is 1. The second-order valence-electron chi connectivity index (χ2n) is 3.41. The number of aromatic nitrogens is 2. The van der Waals surface area contributed by atoms with Crippen LogP contribution in [0.1, 0.15) is 0 Å². The molecule has 0 aliphatic rings. The third-order valence-corrected chi connectivity index (χ3v) is 2.43. The van der Waals surface area contributed by atoms with E-state index < -0.39 is 5.82 Å². The molecule has 18 heavy (non-hydrogen) atoms. The molecule has 0 spiro atoms. The Hall–Kier alpha value is -2.08. The molecule has 0 fully saturated rings. The molecule has 3 N–H and O–H groups in total. The van der Waals surface area contributed by atoms with Crippen molar-refractivity contribution in [1.82, 2.24) is 9.97 Å². The highest BCUT2D eigenvalue weighted by molar-refractivity contribution is 6.30. The summed E-state index contributed by atoms with van der Waals surface area (Å²) in [5.41, 5.74) is 6.00. The molecule has 0 radical (unpaired) electrons. The quantitative estimate of drug-likeness (QED) is 0.895. The lowest BCUT2D eigenvalue weighted by molar-refractivity contribution is 0.398. The van der Waals surface area contributed by atoms with Crippen LogP contribution >= 0.6 is 11.6 Å². The van der Waals surface area contributed by atoms with Crippen LogP contribution in [-0.4, -0.2) is 17.1 Å². The largest absolute Gasteiger partial charge is 0.481 e. The second kappa shape index (κ2) is 5.05. The first-order valence-electron chi connectivity index (χ1n) is 4.99. The summed E-state index contributed by atoms with van der Waals surface area (Å²) in [6.45, 7) is 0. The van der Waals surface area contributed by atoms with Crippen LogP contribution in [-0.2, 0) is 0 Å². The molecule has 0 saturated heterocycles. The van der Waals surface area contributed by atoms with Gasteiger partial charge in [-0.25, -0.2) is 4.39 Å². The molecule has 2 aromatic rings. The van der Waals surface area contributed by atoms with Crippen LogP contribution in [0.25, 0.3) is 0 Å². The molecule has 1 heterocycles.